The fraction of sp³-hybridized carbons (Fsp3) is 1.00. The maximum Gasteiger partial charge on any atom is 0.324 e. The van der Waals surface area contributed by atoms with Gasteiger partial charge in [0, 0.05) is 6.61 Å². The van der Waals surface area contributed by atoms with Crippen LogP contribution in [0.1, 0.15) is 34.1 Å². The first kappa shape index (κ1) is 15.5. The van der Waals surface area contributed by atoms with E-state index < -0.39 is 6.72 Å². The Morgan fingerprint density at radius 3 is 2.59 bits per heavy atom. The molecule has 3 unspecified atom stereocenters. The Bertz CT molecular complexity index is 283. The largest absolute Gasteiger partial charge is 0.375 e. The Morgan fingerprint density at radius 2 is 2.06 bits per heavy atom. The number of hydrogen-bond donors (Lipinski definition) is 1. The minimum Gasteiger partial charge on any atom is -0.375 e. The van der Waals surface area contributed by atoms with Gasteiger partial charge in [-0.2, -0.15) is 0 Å². The second-order valence-corrected chi connectivity index (χ2v) is 7.81. The van der Waals surface area contributed by atoms with Crippen molar-refractivity contribution in [3.8, 4) is 0 Å². The van der Waals surface area contributed by atoms with Crippen molar-refractivity contribution in [2.75, 3.05) is 13.2 Å². The molecule has 1 aliphatic heterocycles. The van der Waals surface area contributed by atoms with Gasteiger partial charge < -0.3 is 18.7 Å². The van der Waals surface area contributed by atoms with Gasteiger partial charge in [-0.05, 0) is 43.9 Å². The lowest BCUT2D eigenvalue weighted by Gasteiger charge is -2.24. The number of hydrogen-bond acceptors (Lipinski definition) is 4. The molecule has 1 aliphatic rings. The Morgan fingerprint density at radius 1 is 1.41 bits per heavy atom. The molecule has 0 amide bonds. The molecule has 0 aliphatic carbocycles. The zero-order valence-electron chi connectivity index (χ0n) is 11.0. The average molecular weight is 282 g/mol. The van der Waals surface area contributed by atoms with Crippen LogP contribution in [0.25, 0.3) is 0 Å². The molecule has 0 aromatic heterocycles. The molecule has 17 heavy (non-hydrogen) atoms. The van der Waals surface area contributed by atoms with Crippen LogP contribution in [0.5, 0.6) is 0 Å². The number of ether oxygens (including phenoxy) is 1. The van der Waals surface area contributed by atoms with Gasteiger partial charge in [0.1, 0.15) is 0 Å². The molecule has 1 saturated heterocycles. The van der Waals surface area contributed by atoms with Crippen LogP contribution in [0.3, 0.4) is 0 Å². The Balaban J connectivity index is 2.42. The third kappa shape index (κ3) is 5.33. The third-order valence-electron chi connectivity index (χ3n) is 2.86. The highest BCUT2D eigenvalue weighted by molar-refractivity contribution is 8.07. The van der Waals surface area contributed by atoms with Crippen LogP contribution >= 0.6 is 6.72 Å². The van der Waals surface area contributed by atoms with Crippen molar-refractivity contribution < 1.29 is 18.7 Å². The van der Waals surface area contributed by atoms with Gasteiger partial charge in [0.05, 0.1) is 18.8 Å². The molecular weight excluding hydrogens is 259 g/mol. The van der Waals surface area contributed by atoms with Crippen molar-refractivity contribution in [2.24, 2.45) is 11.8 Å². The normalized spacial score (nSPS) is 28.9. The molecule has 6 heteroatoms. The predicted molar refractivity (Wildman–Crippen MR) is 71.4 cm³/mol. The fourth-order valence-electron chi connectivity index (χ4n) is 2.06. The lowest BCUT2D eigenvalue weighted by molar-refractivity contribution is 0.0291. The third-order valence-corrected chi connectivity index (χ3v) is 4.60. The van der Waals surface area contributed by atoms with E-state index in [2.05, 4.69) is 13.8 Å². The van der Waals surface area contributed by atoms with E-state index in [1.54, 1.807) is 0 Å². The Labute approximate surface area is 109 Å². The van der Waals surface area contributed by atoms with Crippen molar-refractivity contribution in [3.05, 3.63) is 0 Å². The van der Waals surface area contributed by atoms with Crippen molar-refractivity contribution in [2.45, 2.75) is 46.3 Å². The maximum atomic E-state index is 9.80. The fourth-order valence-corrected chi connectivity index (χ4v) is 3.69. The molecule has 0 aromatic rings. The monoisotopic (exact) mass is 282 g/mol. The molecule has 1 fully saturated rings. The summed E-state index contributed by atoms with van der Waals surface area (Å²) in [5, 5.41) is 0. The van der Waals surface area contributed by atoms with E-state index in [0.717, 1.165) is 13.0 Å². The van der Waals surface area contributed by atoms with Gasteiger partial charge in [-0.1, -0.05) is 13.8 Å². The molecule has 0 radical (unpaired) electrons. The van der Waals surface area contributed by atoms with Crippen LogP contribution < -0.4 is 0 Å². The summed E-state index contributed by atoms with van der Waals surface area (Å²) in [5.74, 6) is 1.03. The minimum absolute atomic E-state index is 0.0280. The minimum atomic E-state index is -3.10. The van der Waals surface area contributed by atoms with E-state index in [-0.39, 0.29) is 12.2 Å². The van der Waals surface area contributed by atoms with E-state index >= 15 is 0 Å². The first-order valence-corrected chi connectivity index (χ1v) is 8.68. The van der Waals surface area contributed by atoms with Gasteiger partial charge in [-0.15, -0.1) is 0 Å². The van der Waals surface area contributed by atoms with E-state index in [0.29, 0.717) is 18.4 Å². The van der Waals surface area contributed by atoms with Gasteiger partial charge in [-0.3, -0.25) is 0 Å². The summed E-state index contributed by atoms with van der Waals surface area (Å²) in [6, 6.07) is 0. The summed E-state index contributed by atoms with van der Waals surface area (Å²) in [7, 11) is 0. The summed E-state index contributed by atoms with van der Waals surface area (Å²) in [4.78, 5) is 9.80. The number of rotatable bonds is 6. The SMILES string of the molecule is CC(C)OP(O)(=S)OCC1OCCC1C(C)C. The van der Waals surface area contributed by atoms with Crippen molar-refractivity contribution in [1.82, 2.24) is 0 Å². The Kier molecular flexibility index (Phi) is 6.03. The van der Waals surface area contributed by atoms with Crippen LogP contribution in [0.2, 0.25) is 0 Å². The average Bonchev–Trinajstić information content (AvgIpc) is 2.60. The van der Waals surface area contributed by atoms with Crippen molar-refractivity contribution in [1.29, 1.82) is 0 Å². The summed E-state index contributed by atoms with van der Waals surface area (Å²) in [5.41, 5.74) is 0. The van der Waals surface area contributed by atoms with Gasteiger partial charge in [0.25, 0.3) is 0 Å². The second kappa shape index (κ2) is 6.60. The summed E-state index contributed by atoms with van der Waals surface area (Å²) in [6.07, 6.45) is 0.946. The molecule has 1 N–H and O–H groups in total. The molecule has 3 atom stereocenters. The van der Waals surface area contributed by atoms with Crippen LogP contribution in [0.4, 0.5) is 0 Å². The summed E-state index contributed by atoms with van der Waals surface area (Å²) < 4.78 is 16.1. The van der Waals surface area contributed by atoms with Gasteiger partial charge in [-0.25, -0.2) is 0 Å². The van der Waals surface area contributed by atoms with E-state index in [9.17, 15) is 4.89 Å². The lowest BCUT2D eigenvalue weighted by Crippen LogP contribution is -2.25. The molecule has 0 spiro atoms. The smallest absolute Gasteiger partial charge is 0.324 e. The topological polar surface area (TPSA) is 47.9 Å². The van der Waals surface area contributed by atoms with Gasteiger partial charge in [0.15, 0.2) is 0 Å². The van der Waals surface area contributed by atoms with E-state index in [1.807, 2.05) is 13.8 Å². The van der Waals surface area contributed by atoms with Crippen LogP contribution in [0.15, 0.2) is 0 Å². The van der Waals surface area contributed by atoms with E-state index in [1.165, 1.54) is 0 Å². The zero-order chi connectivity index (χ0) is 13.1. The second-order valence-electron chi connectivity index (χ2n) is 5.02. The highest BCUT2D eigenvalue weighted by Gasteiger charge is 2.32. The highest BCUT2D eigenvalue weighted by Crippen LogP contribution is 2.46. The van der Waals surface area contributed by atoms with Gasteiger partial charge >= 0.3 is 6.72 Å². The zero-order valence-corrected chi connectivity index (χ0v) is 12.7. The lowest BCUT2D eigenvalue weighted by atomic mass is 9.90. The molecule has 1 rings (SSSR count). The summed E-state index contributed by atoms with van der Waals surface area (Å²) in [6.45, 7) is 5.97. The quantitative estimate of drug-likeness (QED) is 0.759. The first-order valence-electron chi connectivity index (χ1n) is 6.09. The first-order chi connectivity index (χ1) is 7.82. The Hall–Kier alpha value is 0.490. The van der Waals surface area contributed by atoms with Crippen LogP contribution in [-0.4, -0.2) is 30.3 Å². The molecule has 0 saturated carbocycles. The van der Waals surface area contributed by atoms with Crippen LogP contribution in [0, 0.1) is 11.8 Å². The molecule has 102 valence electrons. The molecular formula is C11H23O4PS. The molecule has 1 heterocycles. The highest BCUT2D eigenvalue weighted by atomic mass is 32.5. The van der Waals surface area contributed by atoms with E-state index in [4.69, 9.17) is 25.6 Å². The standard InChI is InChI=1S/C11H23O4PS/c1-8(2)10-5-6-13-11(10)7-14-16(12,17)15-9(3)4/h8-11H,5-7H2,1-4H3,(H,12,17). The molecule has 4 nitrogen and oxygen atoms in total. The van der Waals surface area contributed by atoms with Crippen LogP contribution in [-0.2, 0) is 25.6 Å². The predicted octanol–water partition coefficient (Wildman–Crippen LogP) is 2.71. The van der Waals surface area contributed by atoms with Crippen molar-refractivity contribution >= 4 is 18.5 Å². The van der Waals surface area contributed by atoms with Crippen molar-refractivity contribution in [3.63, 3.8) is 0 Å². The molecule has 0 bridgehead atoms. The molecule has 0 aromatic carbocycles. The maximum absolute atomic E-state index is 9.80. The summed E-state index contributed by atoms with van der Waals surface area (Å²) >= 11 is 4.93. The van der Waals surface area contributed by atoms with Gasteiger partial charge in [0.2, 0.25) is 0 Å².